The highest BCUT2D eigenvalue weighted by Crippen LogP contribution is 2.36. The van der Waals surface area contributed by atoms with Crippen molar-refractivity contribution < 1.29 is 14.2 Å². The molecule has 1 aliphatic rings. The Bertz CT molecular complexity index is 659. The highest BCUT2D eigenvalue weighted by molar-refractivity contribution is 5.47. The van der Waals surface area contributed by atoms with Crippen LogP contribution in [0, 0.1) is 0 Å². The van der Waals surface area contributed by atoms with E-state index in [2.05, 4.69) is 43.1 Å². The molecule has 0 spiro atoms. The fourth-order valence-corrected chi connectivity index (χ4v) is 2.95. The Kier molecular flexibility index (Phi) is 6.18. The van der Waals surface area contributed by atoms with Gasteiger partial charge in [0.25, 0.3) is 0 Å². The smallest absolute Gasteiger partial charge is 0.231 e. The molecule has 0 amide bonds. The molecule has 2 aromatic rings. The summed E-state index contributed by atoms with van der Waals surface area (Å²) in [4.78, 5) is 2.38. The second kappa shape index (κ2) is 8.77. The van der Waals surface area contributed by atoms with E-state index in [0.717, 1.165) is 36.8 Å². The van der Waals surface area contributed by atoms with E-state index >= 15 is 0 Å². The first-order chi connectivity index (χ1) is 12.3. The molecule has 4 heteroatoms. The molecule has 0 N–H and O–H groups in total. The van der Waals surface area contributed by atoms with Crippen LogP contribution in [-0.4, -0.2) is 31.8 Å². The number of nitrogens with zero attached hydrogens (tertiary/aromatic N) is 1. The third-order valence-electron chi connectivity index (χ3n) is 4.46. The zero-order valence-corrected chi connectivity index (χ0v) is 15.1. The van der Waals surface area contributed by atoms with Gasteiger partial charge in [-0.15, -0.1) is 0 Å². The number of benzene rings is 2. The third kappa shape index (κ3) is 4.89. The molecule has 0 aromatic heterocycles. The average Bonchev–Trinajstić information content (AvgIpc) is 3.12. The van der Waals surface area contributed by atoms with Crippen LogP contribution in [-0.2, 0) is 0 Å². The fourth-order valence-electron chi connectivity index (χ4n) is 2.95. The molecule has 0 radical (unpaired) electrons. The maximum absolute atomic E-state index is 6.32. The summed E-state index contributed by atoms with van der Waals surface area (Å²) in [5.41, 5.74) is 1.20. The van der Waals surface area contributed by atoms with E-state index in [9.17, 15) is 0 Å². The molecule has 0 saturated carbocycles. The minimum absolute atomic E-state index is 0.0191. The molecule has 3 rings (SSSR count). The standard InChI is InChI=1S/C21H27NO3/c1-3-4-13-22(2)14-12-19(17-8-6-5-7-9-17)25-18-10-11-20-21(15-18)24-16-23-20/h5-11,15,19H,3-4,12-14,16H2,1-2H3. The highest BCUT2D eigenvalue weighted by Gasteiger charge is 2.18. The van der Waals surface area contributed by atoms with Crippen molar-refractivity contribution in [3.8, 4) is 17.2 Å². The van der Waals surface area contributed by atoms with Crippen LogP contribution in [0.2, 0.25) is 0 Å². The second-order valence-electron chi connectivity index (χ2n) is 6.48. The SMILES string of the molecule is CCCCN(C)CCC(Oc1ccc2c(c1)OCO2)c1ccccc1. The molecule has 0 bridgehead atoms. The molecule has 134 valence electrons. The number of hydrogen-bond donors (Lipinski definition) is 0. The monoisotopic (exact) mass is 341 g/mol. The van der Waals surface area contributed by atoms with Gasteiger partial charge < -0.3 is 19.1 Å². The van der Waals surface area contributed by atoms with Gasteiger partial charge >= 0.3 is 0 Å². The predicted molar refractivity (Wildman–Crippen MR) is 99.4 cm³/mol. The van der Waals surface area contributed by atoms with Gasteiger partial charge in [-0.3, -0.25) is 0 Å². The first kappa shape index (κ1) is 17.6. The van der Waals surface area contributed by atoms with Crippen LogP contribution in [0.1, 0.15) is 37.9 Å². The van der Waals surface area contributed by atoms with E-state index < -0.39 is 0 Å². The maximum Gasteiger partial charge on any atom is 0.231 e. The summed E-state index contributed by atoms with van der Waals surface area (Å²) in [6.07, 6.45) is 3.42. The molecule has 1 heterocycles. The Morgan fingerprint density at radius 2 is 1.84 bits per heavy atom. The number of rotatable bonds is 9. The highest BCUT2D eigenvalue weighted by atomic mass is 16.7. The van der Waals surface area contributed by atoms with Crippen molar-refractivity contribution in [2.75, 3.05) is 26.9 Å². The van der Waals surface area contributed by atoms with E-state index in [4.69, 9.17) is 14.2 Å². The molecule has 0 fully saturated rings. The van der Waals surface area contributed by atoms with Crippen LogP contribution in [0.5, 0.6) is 17.2 Å². The van der Waals surface area contributed by atoms with Crippen molar-refractivity contribution in [2.45, 2.75) is 32.3 Å². The number of hydrogen-bond acceptors (Lipinski definition) is 4. The molecular formula is C21H27NO3. The number of unbranched alkanes of at least 4 members (excludes halogenated alkanes) is 1. The average molecular weight is 341 g/mol. The maximum atomic E-state index is 6.32. The second-order valence-corrected chi connectivity index (χ2v) is 6.48. The molecule has 1 aliphatic heterocycles. The predicted octanol–water partition coefficient (Wildman–Crippen LogP) is 4.66. The zero-order chi connectivity index (χ0) is 17.5. The van der Waals surface area contributed by atoms with Gasteiger partial charge in [0.1, 0.15) is 11.9 Å². The van der Waals surface area contributed by atoms with Crippen LogP contribution in [0.4, 0.5) is 0 Å². The molecule has 0 saturated heterocycles. The van der Waals surface area contributed by atoms with Crippen molar-refractivity contribution >= 4 is 0 Å². The molecule has 25 heavy (non-hydrogen) atoms. The van der Waals surface area contributed by atoms with Crippen molar-refractivity contribution in [2.24, 2.45) is 0 Å². The molecule has 0 aliphatic carbocycles. The summed E-state index contributed by atoms with van der Waals surface area (Å²) < 4.78 is 17.2. The summed E-state index contributed by atoms with van der Waals surface area (Å²) in [6, 6.07) is 16.2. The summed E-state index contributed by atoms with van der Waals surface area (Å²) in [5, 5.41) is 0. The Hall–Kier alpha value is -2.20. The van der Waals surface area contributed by atoms with E-state index in [1.807, 2.05) is 24.3 Å². The van der Waals surface area contributed by atoms with Gasteiger partial charge in [0, 0.05) is 19.0 Å². The largest absolute Gasteiger partial charge is 0.486 e. The summed E-state index contributed by atoms with van der Waals surface area (Å²) in [5.74, 6) is 2.35. The van der Waals surface area contributed by atoms with Gasteiger partial charge in [0.05, 0.1) is 0 Å². The molecule has 4 nitrogen and oxygen atoms in total. The van der Waals surface area contributed by atoms with Gasteiger partial charge in [-0.1, -0.05) is 43.7 Å². The minimum Gasteiger partial charge on any atom is -0.486 e. The molecule has 1 atom stereocenters. The van der Waals surface area contributed by atoms with Crippen molar-refractivity contribution in [1.82, 2.24) is 4.90 Å². The summed E-state index contributed by atoms with van der Waals surface area (Å²) in [7, 11) is 2.18. The van der Waals surface area contributed by atoms with Crippen molar-refractivity contribution in [3.63, 3.8) is 0 Å². The lowest BCUT2D eigenvalue weighted by Crippen LogP contribution is -2.23. The summed E-state index contributed by atoms with van der Waals surface area (Å²) in [6.45, 7) is 4.64. The van der Waals surface area contributed by atoms with E-state index in [0.29, 0.717) is 0 Å². The Morgan fingerprint density at radius 3 is 2.64 bits per heavy atom. The fraction of sp³-hybridized carbons (Fsp3) is 0.429. The lowest BCUT2D eigenvalue weighted by Gasteiger charge is -2.23. The Balaban J connectivity index is 1.68. The van der Waals surface area contributed by atoms with Crippen LogP contribution in [0.3, 0.4) is 0 Å². The van der Waals surface area contributed by atoms with E-state index in [1.165, 1.54) is 18.4 Å². The first-order valence-electron chi connectivity index (χ1n) is 9.06. The Morgan fingerprint density at radius 1 is 1.04 bits per heavy atom. The van der Waals surface area contributed by atoms with E-state index in [1.54, 1.807) is 0 Å². The normalized spacial score (nSPS) is 13.9. The van der Waals surface area contributed by atoms with Crippen LogP contribution in [0.25, 0.3) is 0 Å². The number of fused-ring (bicyclic) bond motifs is 1. The quantitative estimate of drug-likeness (QED) is 0.664. The van der Waals surface area contributed by atoms with Crippen LogP contribution in [0.15, 0.2) is 48.5 Å². The zero-order valence-electron chi connectivity index (χ0n) is 15.1. The van der Waals surface area contributed by atoms with Gasteiger partial charge in [-0.25, -0.2) is 0 Å². The van der Waals surface area contributed by atoms with Gasteiger partial charge in [0.2, 0.25) is 6.79 Å². The summed E-state index contributed by atoms with van der Waals surface area (Å²) >= 11 is 0. The molecule has 2 aromatic carbocycles. The topological polar surface area (TPSA) is 30.9 Å². The minimum atomic E-state index is 0.0191. The third-order valence-corrected chi connectivity index (χ3v) is 4.46. The van der Waals surface area contributed by atoms with Gasteiger partial charge in [-0.2, -0.15) is 0 Å². The van der Waals surface area contributed by atoms with Crippen molar-refractivity contribution in [1.29, 1.82) is 0 Å². The van der Waals surface area contributed by atoms with Crippen LogP contribution >= 0.6 is 0 Å². The first-order valence-corrected chi connectivity index (χ1v) is 9.06. The van der Waals surface area contributed by atoms with Crippen LogP contribution < -0.4 is 14.2 Å². The Labute approximate surface area is 150 Å². The lowest BCUT2D eigenvalue weighted by atomic mass is 10.1. The number of ether oxygens (including phenoxy) is 3. The lowest BCUT2D eigenvalue weighted by molar-refractivity contribution is 0.169. The van der Waals surface area contributed by atoms with Gasteiger partial charge in [0.15, 0.2) is 11.5 Å². The van der Waals surface area contributed by atoms with E-state index in [-0.39, 0.29) is 12.9 Å². The molecule has 1 unspecified atom stereocenters. The molecular weight excluding hydrogens is 314 g/mol. The van der Waals surface area contributed by atoms with Crippen molar-refractivity contribution in [3.05, 3.63) is 54.1 Å². The van der Waals surface area contributed by atoms with Gasteiger partial charge in [-0.05, 0) is 37.7 Å².